The van der Waals surface area contributed by atoms with E-state index < -0.39 is 0 Å². The summed E-state index contributed by atoms with van der Waals surface area (Å²) in [5, 5.41) is 9.89. The van der Waals surface area contributed by atoms with Crippen LogP contribution in [0.15, 0.2) is 71.5 Å². The number of likely N-dealkylation sites (N-methyl/N-ethyl adjacent to an activating group) is 1. The van der Waals surface area contributed by atoms with Crippen LogP contribution in [0.25, 0.3) is 0 Å². The molecule has 0 aliphatic carbocycles. The Morgan fingerprint density at radius 1 is 0.870 bits per heavy atom. The predicted molar refractivity (Wildman–Crippen MR) is 188 cm³/mol. The molecule has 46 heavy (non-hydrogen) atoms. The highest BCUT2D eigenvalue weighted by Crippen LogP contribution is 2.37. The monoisotopic (exact) mass is 648 g/mol. The lowest BCUT2D eigenvalue weighted by Gasteiger charge is -2.37. The molecule has 2 aromatic carbocycles. The topological polar surface area (TPSA) is 95.7 Å². The van der Waals surface area contributed by atoms with Gasteiger partial charge in [-0.3, -0.25) is 9.10 Å². The molecule has 248 valence electrons. The van der Waals surface area contributed by atoms with Crippen LogP contribution in [0.2, 0.25) is 0 Å². The van der Waals surface area contributed by atoms with Gasteiger partial charge in [0, 0.05) is 80.9 Å². The van der Waals surface area contributed by atoms with E-state index >= 15 is 0 Å². The minimum atomic E-state index is -0.346. The lowest BCUT2D eigenvalue weighted by molar-refractivity contribution is 0.0575. The van der Waals surface area contributed by atoms with Crippen LogP contribution in [-0.2, 0) is 4.74 Å². The zero-order valence-electron chi connectivity index (χ0n) is 27.3. The molecule has 2 saturated heterocycles. The summed E-state index contributed by atoms with van der Waals surface area (Å²) in [4.78, 5) is 34.6. The van der Waals surface area contributed by atoms with Gasteiger partial charge in [-0.15, -0.1) is 0 Å². The number of hydrogen-bond donors (Lipinski definition) is 3. The van der Waals surface area contributed by atoms with Gasteiger partial charge in [0.15, 0.2) is 0 Å². The molecular formula is C34H48N8O3S. The van der Waals surface area contributed by atoms with Crippen LogP contribution in [0.1, 0.15) is 30.1 Å². The average Bonchev–Trinajstić information content (AvgIpc) is 3.31. The van der Waals surface area contributed by atoms with E-state index in [-0.39, 0.29) is 11.9 Å². The first kappa shape index (κ1) is 33.6. The zero-order valence-corrected chi connectivity index (χ0v) is 28.2. The third-order valence-electron chi connectivity index (χ3n) is 8.16. The number of rotatable bonds is 11. The van der Waals surface area contributed by atoms with E-state index in [1.165, 1.54) is 17.1 Å². The van der Waals surface area contributed by atoms with Crippen molar-refractivity contribution in [2.75, 3.05) is 101 Å². The second-order valence-corrected chi connectivity index (χ2v) is 13.0. The maximum Gasteiger partial charge on any atom is 0.323 e. The van der Waals surface area contributed by atoms with Crippen LogP contribution in [-0.4, -0.2) is 118 Å². The Hall–Kier alpha value is -3.71. The van der Waals surface area contributed by atoms with Gasteiger partial charge in [0.1, 0.15) is 0 Å². The molecule has 3 aliphatic heterocycles. The lowest BCUT2D eigenvalue weighted by Crippen LogP contribution is -2.37. The summed E-state index contributed by atoms with van der Waals surface area (Å²) < 4.78 is 7.87. The maximum absolute atomic E-state index is 12.8. The Morgan fingerprint density at radius 3 is 2.24 bits per heavy atom. The fourth-order valence-corrected chi connectivity index (χ4v) is 6.69. The Morgan fingerprint density at radius 2 is 1.57 bits per heavy atom. The van der Waals surface area contributed by atoms with E-state index in [1.54, 1.807) is 36.2 Å². The number of hydrogen-bond acceptors (Lipinski definition) is 9. The van der Waals surface area contributed by atoms with Crippen molar-refractivity contribution in [3.63, 3.8) is 0 Å². The van der Waals surface area contributed by atoms with Crippen molar-refractivity contribution < 1.29 is 14.3 Å². The van der Waals surface area contributed by atoms with E-state index in [9.17, 15) is 9.59 Å². The normalized spacial score (nSPS) is 17.7. The summed E-state index contributed by atoms with van der Waals surface area (Å²) in [6.45, 7) is 12.3. The van der Waals surface area contributed by atoms with Crippen molar-refractivity contribution in [1.82, 2.24) is 24.9 Å². The highest BCUT2D eigenvalue weighted by atomic mass is 32.2. The number of amides is 3. The average molecular weight is 649 g/mol. The fraction of sp³-hybridized carbons (Fsp3) is 0.471. The molecule has 0 aromatic heterocycles. The van der Waals surface area contributed by atoms with Crippen molar-refractivity contribution in [2.45, 2.75) is 19.8 Å². The zero-order chi connectivity index (χ0) is 32.3. The van der Waals surface area contributed by atoms with Gasteiger partial charge in [-0.2, -0.15) is 0 Å². The molecule has 0 bridgehead atoms. The van der Waals surface area contributed by atoms with Crippen molar-refractivity contribution in [3.8, 4) is 0 Å². The standard InChI is InChI=1S/C34H48N8O3S/c1-4-15-39-16-5-17-40(20-19-39)31-25-32(41-21-23-45-24-22-41)46-42(26-31)30-12-10-29(11-13-30)37-34(44)36-28-8-6-27(7-9-28)33(43)35-14-18-38(2)3/h6-13,25-26H,4-5,14-24H2,1-3H3,(H,35,43)(H2,36,37,44). The maximum atomic E-state index is 12.8. The predicted octanol–water partition coefficient (Wildman–Crippen LogP) is 4.52. The van der Waals surface area contributed by atoms with Gasteiger partial charge in [-0.25, -0.2) is 4.79 Å². The minimum absolute atomic E-state index is 0.135. The minimum Gasteiger partial charge on any atom is -0.378 e. The third kappa shape index (κ3) is 9.65. The lowest BCUT2D eigenvalue weighted by atomic mass is 10.2. The van der Waals surface area contributed by atoms with Crippen molar-refractivity contribution in [2.24, 2.45) is 0 Å². The van der Waals surface area contributed by atoms with Crippen LogP contribution < -0.4 is 20.3 Å². The number of urea groups is 1. The molecule has 11 nitrogen and oxygen atoms in total. The molecule has 0 saturated carbocycles. The fourth-order valence-electron chi connectivity index (χ4n) is 5.62. The van der Waals surface area contributed by atoms with E-state index in [4.69, 9.17) is 4.74 Å². The number of ether oxygens (including phenoxy) is 1. The molecule has 0 unspecified atom stereocenters. The first-order chi connectivity index (χ1) is 22.4. The molecule has 3 aliphatic rings. The van der Waals surface area contributed by atoms with E-state index in [0.29, 0.717) is 23.5 Å². The first-order valence-corrected chi connectivity index (χ1v) is 17.1. The molecule has 0 radical (unpaired) electrons. The van der Waals surface area contributed by atoms with Gasteiger partial charge in [-0.05, 0) is 94.6 Å². The van der Waals surface area contributed by atoms with E-state index in [0.717, 1.165) is 77.7 Å². The summed E-state index contributed by atoms with van der Waals surface area (Å²) in [5.74, 6) is -0.135. The van der Waals surface area contributed by atoms with Gasteiger partial charge in [0.25, 0.3) is 5.91 Å². The van der Waals surface area contributed by atoms with Crippen LogP contribution in [0.3, 0.4) is 0 Å². The Labute approximate surface area is 277 Å². The Bertz CT molecular complexity index is 1360. The first-order valence-electron chi connectivity index (χ1n) is 16.3. The summed E-state index contributed by atoms with van der Waals surface area (Å²) in [7, 11) is 3.92. The molecule has 3 heterocycles. The molecule has 3 N–H and O–H groups in total. The molecule has 2 fully saturated rings. The molecular weight excluding hydrogens is 600 g/mol. The largest absolute Gasteiger partial charge is 0.378 e. The Balaban J connectivity index is 1.20. The molecule has 0 spiro atoms. The molecule has 5 rings (SSSR count). The second kappa shape index (κ2) is 16.7. The highest BCUT2D eigenvalue weighted by molar-refractivity contribution is 8.04. The van der Waals surface area contributed by atoms with Gasteiger partial charge >= 0.3 is 6.03 Å². The van der Waals surface area contributed by atoms with Gasteiger partial charge in [0.2, 0.25) is 0 Å². The van der Waals surface area contributed by atoms with Crippen LogP contribution in [0, 0.1) is 0 Å². The van der Waals surface area contributed by atoms with E-state index in [1.807, 2.05) is 43.3 Å². The number of carbonyl (C=O) groups excluding carboxylic acids is 2. The van der Waals surface area contributed by atoms with Crippen molar-refractivity contribution in [3.05, 3.63) is 77.1 Å². The summed E-state index contributed by atoms with van der Waals surface area (Å²) in [5.41, 5.74) is 4.12. The summed E-state index contributed by atoms with van der Waals surface area (Å²) >= 11 is 1.72. The highest BCUT2D eigenvalue weighted by Gasteiger charge is 2.25. The van der Waals surface area contributed by atoms with Gasteiger partial charge in [0.05, 0.1) is 29.6 Å². The number of morpholine rings is 1. The van der Waals surface area contributed by atoms with Crippen LogP contribution in [0.5, 0.6) is 0 Å². The summed E-state index contributed by atoms with van der Waals surface area (Å²) in [6.07, 6.45) is 6.92. The van der Waals surface area contributed by atoms with E-state index in [2.05, 4.69) is 54.2 Å². The smallest absolute Gasteiger partial charge is 0.323 e. The molecule has 0 atom stereocenters. The second-order valence-electron chi connectivity index (χ2n) is 12.0. The number of anilines is 3. The number of benzene rings is 2. The van der Waals surface area contributed by atoms with Crippen LogP contribution in [0.4, 0.5) is 21.9 Å². The number of carbonyl (C=O) groups is 2. The Kier molecular flexibility index (Phi) is 12.2. The number of nitrogens with one attached hydrogen (secondary N) is 3. The van der Waals surface area contributed by atoms with Crippen molar-refractivity contribution >= 4 is 40.9 Å². The molecule has 12 heteroatoms. The number of nitrogens with zero attached hydrogens (tertiary/aromatic N) is 5. The summed E-state index contributed by atoms with van der Waals surface area (Å²) in [6, 6.07) is 14.4. The number of allylic oxidation sites excluding steroid dienone is 1. The van der Waals surface area contributed by atoms with Gasteiger partial charge in [-0.1, -0.05) is 6.92 Å². The third-order valence-corrected chi connectivity index (χ3v) is 9.23. The quantitative estimate of drug-likeness (QED) is 0.304. The van der Waals surface area contributed by atoms with Crippen LogP contribution >= 0.6 is 11.9 Å². The van der Waals surface area contributed by atoms with Crippen molar-refractivity contribution in [1.29, 1.82) is 0 Å². The SMILES string of the molecule is CCCN1CCCN(C2=CN(c3ccc(NC(=O)Nc4ccc(C(=O)NCCN(C)C)cc4)cc3)SC(N3CCOCC3)=C2)CC1. The molecule has 2 aromatic rings. The van der Waals surface area contributed by atoms with Gasteiger partial charge < -0.3 is 40.3 Å². The molecule has 3 amide bonds.